The van der Waals surface area contributed by atoms with Crippen LogP contribution in [0.5, 0.6) is 5.75 Å². The predicted octanol–water partition coefficient (Wildman–Crippen LogP) is 2.17. The fourth-order valence-corrected chi connectivity index (χ4v) is 4.50. The molecular weight excluding hydrogens is 430 g/mol. The van der Waals surface area contributed by atoms with Crippen molar-refractivity contribution in [1.82, 2.24) is 15.2 Å². The van der Waals surface area contributed by atoms with E-state index in [0.717, 1.165) is 39.0 Å². The van der Waals surface area contributed by atoms with Gasteiger partial charge in [0, 0.05) is 39.8 Å². The number of nitrogens with zero attached hydrogens (tertiary/aromatic N) is 3. The maximum absolute atomic E-state index is 13.2. The number of hydrogen-bond acceptors (Lipinski definition) is 7. The zero-order valence-corrected chi connectivity index (χ0v) is 19.6. The largest absolute Gasteiger partial charge is 0.497 e. The Balaban J connectivity index is 1.91. The number of carbonyl (C=O) groups excluding carboxylic acids is 1. The lowest BCUT2D eigenvalue weighted by atomic mass is 10.1. The predicted molar refractivity (Wildman–Crippen MR) is 125 cm³/mol. The van der Waals surface area contributed by atoms with E-state index in [0.29, 0.717) is 23.7 Å². The summed E-state index contributed by atoms with van der Waals surface area (Å²) in [6.45, 7) is 5.74. The minimum atomic E-state index is -3.85. The van der Waals surface area contributed by atoms with Crippen molar-refractivity contribution < 1.29 is 17.9 Å². The van der Waals surface area contributed by atoms with Crippen LogP contribution in [0.15, 0.2) is 41.4 Å². The van der Waals surface area contributed by atoms with E-state index in [2.05, 4.69) is 26.8 Å². The monoisotopic (exact) mass is 461 g/mol. The Labute approximate surface area is 189 Å². The fraction of sp³-hybridized carbons (Fsp3) is 0.455. The van der Waals surface area contributed by atoms with Gasteiger partial charge in [0.15, 0.2) is 0 Å². The molecule has 2 aromatic rings. The lowest BCUT2D eigenvalue weighted by molar-refractivity contribution is 0.0793. The molecule has 174 valence electrons. The third kappa shape index (κ3) is 5.68. The first-order chi connectivity index (χ1) is 15.4. The highest BCUT2D eigenvalue weighted by molar-refractivity contribution is 7.92. The summed E-state index contributed by atoms with van der Waals surface area (Å²) in [4.78, 5) is 21.5. The molecule has 0 bridgehead atoms. The number of hydrogen-bond donors (Lipinski definition) is 2. The number of sulfonamides is 1. The molecule has 10 heteroatoms. The maximum atomic E-state index is 13.2. The summed E-state index contributed by atoms with van der Waals surface area (Å²) in [6.07, 6.45) is 3.33. The first kappa shape index (κ1) is 23.8. The Kier molecular flexibility index (Phi) is 7.92. The molecule has 1 amide bonds. The number of amides is 1. The molecule has 0 radical (unpaired) electrons. The molecule has 0 atom stereocenters. The van der Waals surface area contributed by atoms with Crippen LogP contribution >= 0.6 is 0 Å². The van der Waals surface area contributed by atoms with Crippen molar-refractivity contribution in [3.63, 3.8) is 0 Å². The molecule has 0 spiro atoms. The van der Waals surface area contributed by atoms with Gasteiger partial charge in [-0.25, -0.2) is 13.4 Å². The van der Waals surface area contributed by atoms with Gasteiger partial charge in [0.05, 0.1) is 29.5 Å². The zero-order chi connectivity index (χ0) is 23.1. The van der Waals surface area contributed by atoms with Crippen molar-refractivity contribution in [2.75, 3.05) is 56.5 Å². The summed E-state index contributed by atoms with van der Waals surface area (Å²) >= 11 is 0. The normalized spacial score (nSPS) is 14.2. The molecule has 2 N–H and O–H groups in total. The first-order valence-electron chi connectivity index (χ1n) is 10.7. The number of methoxy groups -OCH3 is 1. The van der Waals surface area contributed by atoms with Crippen LogP contribution in [0.4, 0.5) is 11.5 Å². The zero-order valence-electron chi connectivity index (χ0n) is 18.8. The number of benzene rings is 1. The highest BCUT2D eigenvalue weighted by Crippen LogP contribution is 2.25. The molecule has 1 aliphatic heterocycles. The Morgan fingerprint density at radius 3 is 2.56 bits per heavy atom. The van der Waals surface area contributed by atoms with E-state index >= 15 is 0 Å². The lowest BCUT2D eigenvalue weighted by Gasteiger charge is -2.30. The molecule has 1 fully saturated rings. The Morgan fingerprint density at radius 1 is 1.25 bits per heavy atom. The summed E-state index contributed by atoms with van der Waals surface area (Å²) in [7, 11) is -0.572. The van der Waals surface area contributed by atoms with Crippen LogP contribution in [0.1, 0.15) is 30.1 Å². The third-order valence-electron chi connectivity index (χ3n) is 5.33. The topological polar surface area (TPSA) is 104 Å². The standard InChI is InChI=1S/C22H31N5O4S/c1-4-5-12-26(2)22(28)20-15-17(16-24-21(20)27-13-10-23-11-14-27)25-32(29,30)19-8-6-18(31-3)7-9-19/h6-9,15-16,23,25H,4-5,10-14H2,1-3H3. The molecule has 0 unspecified atom stereocenters. The first-order valence-corrected chi connectivity index (χ1v) is 12.2. The molecule has 1 aliphatic rings. The minimum Gasteiger partial charge on any atom is -0.497 e. The number of rotatable bonds is 9. The second-order valence-corrected chi connectivity index (χ2v) is 9.38. The molecule has 3 rings (SSSR count). The van der Waals surface area contributed by atoms with Gasteiger partial charge in [-0.2, -0.15) is 0 Å². The Hall–Kier alpha value is -2.85. The van der Waals surface area contributed by atoms with Crippen molar-refractivity contribution in [1.29, 1.82) is 0 Å². The van der Waals surface area contributed by atoms with Crippen molar-refractivity contribution in [3.05, 3.63) is 42.1 Å². The maximum Gasteiger partial charge on any atom is 0.261 e. The van der Waals surface area contributed by atoms with Gasteiger partial charge in [-0.1, -0.05) is 13.3 Å². The number of ether oxygens (including phenoxy) is 1. The van der Waals surface area contributed by atoms with E-state index in [1.54, 1.807) is 30.1 Å². The van der Waals surface area contributed by atoms with E-state index in [4.69, 9.17) is 4.74 Å². The lowest BCUT2D eigenvalue weighted by Crippen LogP contribution is -2.45. The van der Waals surface area contributed by atoms with Crippen LogP contribution in [-0.4, -0.2) is 71.1 Å². The third-order valence-corrected chi connectivity index (χ3v) is 6.73. The van der Waals surface area contributed by atoms with E-state index in [-0.39, 0.29) is 16.5 Å². The molecule has 2 heterocycles. The summed E-state index contributed by atoms with van der Waals surface area (Å²) in [5.41, 5.74) is 0.632. The van der Waals surface area contributed by atoms with Gasteiger partial charge in [0.1, 0.15) is 11.6 Å². The highest BCUT2D eigenvalue weighted by atomic mass is 32.2. The number of piperazine rings is 1. The van der Waals surface area contributed by atoms with Crippen molar-refractivity contribution in [2.45, 2.75) is 24.7 Å². The van der Waals surface area contributed by atoms with Crippen LogP contribution in [0, 0.1) is 0 Å². The van der Waals surface area contributed by atoms with Crippen molar-refractivity contribution in [3.8, 4) is 5.75 Å². The molecule has 0 saturated carbocycles. The summed E-state index contributed by atoms with van der Waals surface area (Å²) < 4.78 is 33.3. The average Bonchev–Trinajstić information content (AvgIpc) is 2.82. The van der Waals surface area contributed by atoms with Gasteiger partial charge in [-0.15, -0.1) is 0 Å². The molecule has 1 aromatic carbocycles. The Morgan fingerprint density at radius 2 is 1.94 bits per heavy atom. The smallest absolute Gasteiger partial charge is 0.261 e. The van der Waals surface area contributed by atoms with Gasteiger partial charge >= 0.3 is 0 Å². The van der Waals surface area contributed by atoms with Gasteiger partial charge < -0.3 is 19.9 Å². The van der Waals surface area contributed by atoms with Gasteiger partial charge in [-0.05, 0) is 36.8 Å². The summed E-state index contributed by atoms with van der Waals surface area (Å²) in [6, 6.07) is 7.68. The second-order valence-electron chi connectivity index (χ2n) is 7.69. The van der Waals surface area contributed by atoms with Crippen LogP contribution in [0.2, 0.25) is 0 Å². The SMILES string of the molecule is CCCCN(C)C(=O)c1cc(NS(=O)(=O)c2ccc(OC)cc2)cnc1N1CCNCC1. The van der Waals surface area contributed by atoms with Crippen LogP contribution in [0.25, 0.3) is 0 Å². The van der Waals surface area contributed by atoms with E-state index in [1.165, 1.54) is 25.4 Å². The number of anilines is 2. The van der Waals surface area contributed by atoms with E-state index in [9.17, 15) is 13.2 Å². The van der Waals surface area contributed by atoms with E-state index in [1.807, 2.05) is 0 Å². The summed E-state index contributed by atoms with van der Waals surface area (Å²) in [5, 5.41) is 3.29. The van der Waals surface area contributed by atoms with Crippen LogP contribution in [0.3, 0.4) is 0 Å². The van der Waals surface area contributed by atoms with Crippen LogP contribution in [-0.2, 0) is 10.0 Å². The van der Waals surface area contributed by atoms with E-state index < -0.39 is 10.0 Å². The number of nitrogens with one attached hydrogen (secondary N) is 2. The van der Waals surface area contributed by atoms with Crippen LogP contribution < -0.4 is 19.7 Å². The molecule has 0 aliphatic carbocycles. The van der Waals surface area contributed by atoms with Gasteiger partial charge in [0.25, 0.3) is 15.9 Å². The number of carbonyl (C=O) groups is 1. The quantitative estimate of drug-likeness (QED) is 0.590. The highest BCUT2D eigenvalue weighted by Gasteiger charge is 2.24. The van der Waals surface area contributed by atoms with Gasteiger partial charge in [0.2, 0.25) is 0 Å². The fourth-order valence-electron chi connectivity index (χ4n) is 3.47. The van der Waals surface area contributed by atoms with Crippen molar-refractivity contribution >= 4 is 27.4 Å². The second kappa shape index (κ2) is 10.6. The molecule has 1 aromatic heterocycles. The molecular formula is C22H31N5O4S. The summed E-state index contributed by atoms with van der Waals surface area (Å²) in [5.74, 6) is 0.964. The van der Waals surface area contributed by atoms with Crippen molar-refractivity contribution in [2.24, 2.45) is 0 Å². The minimum absolute atomic E-state index is 0.0948. The molecule has 9 nitrogen and oxygen atoms in total. The number of pyridine rings is 1. The average molecular weight is 462 g/mol. The van der Waals surface area contributed by atoms with Gasteiger partial charge in [-0.3, -0.25) is 9.52 Å². The Bertz CT molecular complexity index is 1020. The molecule has 1 saturated heterocycles. The molecule has 32 heavy (non-hydrogen) atoms. The number of unbranched alkanes of at least 4 members (excludes halogenated alkanes) is 1. The number of aromatic nitrogens is 1.